The first kappa shape index (κ1) is 24.1. The van der Waals surface area contributed by atoms with Crippen LogP contribution in [0.1, 0.15) is 50.0 Å². The summed E-state index contributed by atoms with van der Waals surface area (Å²) < 4.78 is 55.0. The van der Waals surface area contributed by atoms with E-state index < -0.39 is 11.7 Å². The quantitative estimate of drug-likeness (QED) is 0.449. The Morgan fingerprint density at radius 2 is 1.53 bits per heavy atom. The van der Waals surface area contributed by atoms with Crippen LogP contribution < -0.4 is 5.32 Å². The third-order valence-corrected chi connectivity index (χ3v) is 4.39. The first-order valence-electron chi connectivity index (χ1n) is 10.1. The average molecular weight is 426 g/mol. The fourth-order valence-corrected chi connectivity index (χ4v) is 2.94. The zero-order chi connectivity index (χ0) is 22.0. The normalized spacial score (nSPS) is 12.9. The molecule has 0 spiro atoms. The lowest BCUT2D eigenvalue weighted by Gasteiger charge is -2.23. The summed E-state index contributed by atoms with van der Waals surface area (Å²) in [6.07, 6.45) is -2.62. The molecule has 1 aromatic carbocycles. The molecule has 0 bridgehead atoms. The van der Waals surface area contributed by atoms with E-state index in [9.17, 15) is 13.2 Å². The van der Waals surface area contributed by atoms with Crippen LogP contribution in [-0.4, -0.2) is 31.1 Å². The molecule has 1 atom stereocenters. The zero-order valence-corrected chi connectivity index (χ0v) is 17.5. The van der Waals surface area contributed by atoms with Gasteiger partial charge in [0.1, 0.15) is 5.82 Å². The Morgan fingerprint density at radius 1 is 0.900 bits per heavy atom. The van der Waals surface area contributed by atoms with E-state index >= 15 is 0 Å². The van der Waals surface area contributed by atoms with E-state index in [1.165, 1.54) is 12.1 Å². The molecule has 2 aromatic rings. The van der Waals surface area contributed by atoms with Crippen molar-refractivity contribution in [2.45, 2.75) is 52.3 Å². The van der Waals surface area contributed by atoms with E-state index in [-0.39, 0.29) is 12.4 Å². The lowest BCUT2D eigenvalue weighted by Crippen LogP contribution is -2.22. The molecule has 166 valence electrons. The first-order chi connectivity index (χ1) is 14.4. The minimum Gasteiger partial charge on any atom is -0.374 e. The van der Waals surface area contributed by atoms with E-state index in [0.717, 1.165) is 23.3 Å². The second kappa shape index (κ2) is 11.9. The molecule has 0 amide bonds. The number of ether oxygens (including phenoxy) is 3. The fourth-order valence-electron chi connectivity index (χ4n) is 2.94. The van der Waals surface area contributed by atoms with Gasteiger partial charge in [-0.15, -0.1) is 0 Å². The Balaban J connectivity index is 1.97. The molecule has 1 unspecified atom stereocenters. The van der Waals surface area contributed by atoms with Crippen LogP contribution >= 0.6 is 0 Å². The number of rotatable bonds is 12. The van der Waals surface area contributed by atoms with E-state index in [2.05, 4.69) is 10.3 Å². The van der Waals surface area contributed by atoms with Gasteiger partial charge in [0, 0.05) is 39.0 Å². The van der Waals surface area contributed by atoms with Crippen molar-refractivity contribution in [1.82, 2.24) is 4.98 Å². The number of anilines is 1. The maximum atomic E-state index is 12.6. The SMILES string of the molecule is CCOC(CC(OCC)c1ccc(NCc2ccc(C(F)(F)F)cc2)nc1)OCC. The molecule has 1 aromatic heterocycles. The van der Waals surface area contributed by atoms with Crippen molar-refractivity contribution in [3.05, 3.63) is 59.3 Å². The number of nitrogens with one attached hydrogen (secondary N) is 1. The van der Waals surface area contributed by atoms with E-state index in [0.29, 0.717) is 38.6 Å². The zero-order valence-electron chi connectivity index (χ0n) is 17.5. The Morgan fingerprint density at radius 3 is 2.03 bits per heavy atom. The van der Waals surface area contributed by atoms with Crippen LogP contribution in [0.5, 0.6) is 0 Å². The van der Waals surface area contributed by atoms with Crippen molar-refractivity contribution < 1.29 is 27.4 Å². The van der Waals surface area contributed by atoms with Crippen LogP contribution in [0.25, 0.3) is 0 Å². The van der Waals surface area contributed by atoms with Gasteiger partial charge in [0.05, 0.1) is 11.7 Å². The van der Waals surface area contributed by atoms with Gasteiger partial charge in [0.25, 0.3) is 0 Å². The van der Waals surface area contributed by atoms with Gasteiger partial charge in [0.15, 0.2) is 6.29 Å². The van der Waals surface area contributed by atoms with Gasteiger partial charge in [-0.2, -0.15) is 13.2 Å². The highest BCUT2D eigenvalue weighted by Gasteiger charge is 2.29. The van der Waals surface area contributed by atoms with Crippen molar-refractivity contribution >= 4 is 5.82 Å². The molecule has 5 nitrogen and oxygen atoms in total. The minimum absolute atomic E-state index is 0.213. The number of nitrogens with zero attached hydrogens (tertiary/aromatic N) is 1. The lowest BCUT2D eigenvalue weighted by atomic mass is 10.1. The molecule has 1 N–H and O–H groups in total. The molecule has 0 aliphatic heterocycles. The fraction of sp³-hybridized carbons (Fsp3) is 0.500. The summed E-state index contributed by atoms with van der Waals surface area (Å²) in [7, 11) is 0. The maximum Gasteiger partial charge on any atom is 0.416 e. The molecule has 0 saturated heterocycles. The van der Waals surface area contributed by atoms with E-state index in [1.807, 2.05) is 32.9 Å². The molecule has 0 aliphatic carbocycles. The summed E-state index contributed by atoms with van der Waals surface area (Å²) in [6.45, 7) is 7.78. The third kappa shape index (κ3) is 7.59. The Kier molecular flexibility index (Phi) is 9.55. The Bertz CT molecular complexity index is 731. The van der Waals surface area contributed by atoms with E-state index in [1.54, 1.807) is 6.20 Å². The van der Waals surface area contributed by atoms with E-state index in [4.69, 9.17) is 14.2 Å². The average Bonchev–Trinajstić information content (AvgIpc) is 2.72. The monoisotopic (exact) mass is 426 g/mol. The third-order valence-electron chi connectivity index (χ3n) is 4.39. The second-order valence-electron chi connectivity index (χ2n) is 6.54. The second-order valence-corrected chi connectivity index (χ2v) is 6.54. The maximum absolute atomic E-state index is 12.6. The predicted octanol–water partition coefficient (Wildman–Crippen LogP) is 5.58. The van der Waals surface area contributed by atoms with Crippen molar-refractivity contribution in [3.8, 4) is 0 Å². The summed E-state index contributed by atoms with van der Waals surface area (Å²) in [5, 5.41) is 3.12. The van der Waals surface area contributed by atoms with Crippen LogP contribution in [0, 0.1) is 0 Å². The molecule has 0 fully saturated rings. The predicted molar refractivity (Wildman–Crippen MR) is 109 cm³/mol. The number of hydrogen-bond donors (Lipinski definition) is 1. The Hall–Kier alpha value is -2.16. The van der Waals surface area contributed by atoms with Crippen molar-refractivity contribution in [1.29, 1.82) is 0 Å². The van der Waals surface area contributed by atoms with Gasteiger partial charge >= 0.3 is 6.18 Å². The highest BCUT2D eigenvalue weighted by molar-refractivity contribution is 5.37. The van der Waals surface area contributed by atoms with Gasteiger partial charge in [0.2, 0.25) is 0 Å². The smallest absolute Gasteiger partial charge is 0.374 e. The summed E-state index contributed by atoms with van der Waals surface area (Å²) in [6, 6.07) is 8.80. The highest BCUT2D eigenvalue weighted by Crippen LogP contribution is 2.29. The molecular weight excluding hydrogens is 397 g/mol. The highest BCUT2D eigenvalue weighted by atomic mass is 19.4. The van der Waals surface area contributed by atoms with Crippen LogP contribution in [0.3, 0.4) is 0 Å². The summed E-state index contributed by atoms with van der Waals surface area (Å²) in [5.41, 5.74) is 0.978. The summed E-state index contributed by atoms with van der Waals surface area (Å²) in [5.74, 6) is 0.625. The molecule has 2 rings (SSSR count). The number of pyridine rings is 1. The number of halogens is 3. The number of alkyl halides is 3. The largest absolute Gasteiger partial charge is 0.416 e. The molecule has 1 heterocycles. The molecule has 8 heteroatoms. The van der Waals surface area contributed by atoms with Gasteiger partial charge in [-0.05, 0) is 50.1 Å². The van der Waals surface area contributed by atoms with Crippen molar-refractivity contribution in [2.24, 2.45) is 0 Å². The standard InChI is InChI=1S/C22H29F3N2O3/c1-4-28-19(13-21(29-5-2)30-6-3)17-9-12-20(27-15-17)26-14-16-7-10-18(11-8-16)22(23,24)25/h7-12,15,19,21H,4-6,13-14H2,1-3H3,(H,26,27). The van der Waals surface area contributed by atoms with Gasteiger partial charge in [-0.3, -0.25) is 0 Å². The molecule has 0 saturated carbocycles. The van der Waals surface area contributed by atoms with Crippen molar-refractivity contribution in [2.75, 3.05) is 25.1 Å². The number of hydrogen-bond acceptors (Lipinski definition) is 5. The van der Waals surface area contributed by atoms with Crippen LogP contribution in [0.4, 0.5) is 19.0 Å². The van der Waals surface area contributed by atoms with Crippen LogP contribution in [0.2, 0.25) is 0 Å². The first-order valence-corrected chi connectivity index (χ1v) is 10.1. The number of aromatic nitrogens is 1. The van der Waals surface area contributed by atoms with Crippen molar-refractivity contribution in [3.63, 3.8) is 0 Å². The molecule has 0 aliphatic rings. The van der Waals surface area contributed by atoms with Gasteiger partial charge in [-0.1, -0.05) is 18.2 Å². The minimum atomic E-state index is -4.33. The molecule has 0 radical (unpaired) electrons. The topological polar surface area (TPSA) is 52.6 Å². The van der Waals surface area contributed by atoms with Crippen LogP contribution in [-0.2, 0) is 26.9 Å². The van der Waals surface area contributed by atoms with Gasteiger partial charge in [-0.25, -0.2) is 4.98 Å². The van der Waals surface area contributed by atoms with Crippen LogP contribution in [0.15, 0.2) is 42.6 Å². The molecule has 30 heavy (non-hydrogen) atoms. The van der Waals surface area contributed by atoms with Gasteiger partial charge < -0.3 is 19.5 Å². The summed E-state index contributed by atoms with van der Waals surface area (Å²) in [4.78, 5) is 4.40. The summed E-state index contributed by atoms with van der Waals surface area (Å²) >= 11 is 0. The number of benzene rings is 1. The lowest BCUT2D eigenvalue weighted by molar-refractivity contribution is -0.158. The molecular formula is C22H29F3N2O3. The Labute approximate surface area is 175 Å².